The van der Waals surface area contributed by atoms with Crippen LogP contribution in [0.2, 0.25) is 0 Å². The number of nitrogens with zero attached hydrogens (tertiary/aromatic N) is 2. The van der Waals surface area contributed by atoms with Gasteiger partial charge in [-0.25, -0.2) is 0 Å². The summed E-state index contributed by atoms with van der Waals surface area (Å²) in [6.07, 6.45) is 3.74. The molecule has 0 aliphatic rings. The molecule has 2 aromatic carbocycles. The molecule has 8 heteroatoms. The van der Waals surface area contributed by atoms with Crippen molar-refractivity contribution in [3.8, 4) is 5.75 Å². The number of hydrogen-bond donors (Lipinski definition) is 0. The SMILES string of the molecule is C=CCn1c(=NS(=O)(=O)c2ccc(OC)cc2)sc2cc(SC)ccc21. The minimum atomic E-state index is -3.82. The van der Waals surface area contributed by atoms with E-state index in [1.54, 1.807) is 30.0 Å². The van der Waals surface area contributed by atoms with Crippen LogP contribution in [-0.4, -0.2) is 26.4 Å². The molecular weight excluding hydrogens is 388 g/mol. The number of rotatable bonds is 6. The third-order valence-corrected chi connectivity index (χ3v) is 6.92. The van der Waals surface area contributed by atoms with Crippen molar-refractivity contribution in [2.75, 3.05) is 13.4 Å². The van der Waals surface area contributed by atoms with Crippen LogP contribution in [0.1, 0.15) is 0 Å². The molecule has 3 rings (SSSR count). The Hall–Kier alpha value is -2.03. The standard InChI is InChI=1S/C18H18N2O3S3/c1-4-11-20-16-10-7-14(24-3)12-17(16)25-18(20)19-26(21,22)15-8-5-13(23-2)6-9-15/h4-10,12H,1,11H2,2-3H3. The van der Waals surface area contributed by atoms with Gasteiger partial charge < -0.3 is 9.30 Å². The molecule has 26 heavy (non-hydrogen) atoms. The number of methoxy groups -OCH3 is 1. The van der Waals surface area contributed by atoms with Crippen LogP contribution >= 0.6 is 23.1 Å². The molecule has 0 N–H and O–H groups in total. The van der Waals surface area contributed by atoms with Gasteiger partial charge in [-0.3, -0.25) is 0 Å². The van der Waals surface area contributed by atoms with Crippen LogP contribution in [0.15, 0.2) is 69.3 Å². The van der Waals surface area contributed by atoms with Crippen molar-refractivity contribution < 1.29 is 13.2 Å². The summed E-state index contributed by atoms with van der Waals surface area (Å²) in [5, 5.41) is 0. The molecule has 0 atom stereocenters. The van der Waals surface area contributed by atoms with Gasteiger partial charge in [0.15, 0.2) is 0 Å². The van der Waals surface area contributed by atoms with Crippen LogP contribution < -0.4 is 9.54 Å². The van der Waals surface area contributed by atoms with Gasteiger partial charge in [0.1, 0.15) is 5.75 Å². The molecule has 1 aromatic heterocycles. The first-order valence-electron chi connectivity index (χ1n) is 7.72. The third kappa shape index (κ3) is 3.72. The number of hydrogen-bond acceptors (Lipinski definition) is 5. The highest BCUT2D eigenvalue weighted by molar-refractivity contribution is 7.98. The first-order valence-corrected chi connectivity index (χ1v) is 11.2. The van der Waals surface area contributed by atoms with Gasteiger partial charge in [0.25, 0.3) is 10.0 Å². The van der Waals surface area contributed by atoms with Gasteiger partial charge in [-0.15, -0.1) is 22.7 Å². The number of benzene rings is 2. The van der Waals surface area contributed by atoms with E-state index in [4.69, 9.17) is 4.74 Å². The fourth-order valence-corrected chi connectivity index (χ4v) is 5.26. The Balaban J connectivity index is 2.17. The quantitative estimate of drug-likeness (QED) is 0.460. The van der Waals surface area contributed by atoms with Crippen molar-refractivity contribution in [2.24, 2.45) is 4.40 Å². The van der Waals surface area contributed by atoms with Gasteiger partial charge >= 0.3 is 0 Å². The minimum absolute atomic E-state index is 0.130. The number of allylic oxidation sites excluding steroid dienone is 1. The van der Waals surface area contributed by atoms with E-state index >= 15 is 0 Å². The Morgan fingerprint density at radius 3 is 2.62 bits per heavy atom. The zero-order chi connectivity index (χ0) is 18.7. The maximum atomic E-state index is 12.7. The highest BCUT2D eigenvalue weighted by Gasteiger charge is 2.15. The van der Waals surface area contributed by atoms with Crippen LogP contribution in [0.25, 0.3) is 10.2 Å². The second-order valence-corrected chi connectivity index (χ2v) is 8.85. The van der Waals surface area contributed by atoms with Crippen molar-refractivity contribution in [1.29, 1.82) is 0 Å². The van der Waals surface area contributed by atoms with Crippen molar-refractivity contribution in [1.82, 2.24) is 4.57 Å². The van der Waals surface area contributed by atoms with Crippen molar-refractivity contribution >= 4 is 43.3 Å². The van der Waals surface area contributed by atoms with E-state index in [-0.39, 0.29) is 4.90 Å². The number of thioether (sulfide) groups is 1. The number of sulfonamides is 1. The van der Waals surface area contributed by atoms with Gasteiger partial charge in [0.05, 0.1) is 22.2 Å². The van der Waals surface area contributed by atoms with Crippen LogP contribution in [0.4, 0.5) is 0 Å². The Morgan fingerprint density at radius 1 is 1.27 bits per heavy atom. The molecule has 0 saturated carbocycles. The summed E-state index contributed by atoms with van der Waals surface area (Å²) in [5.74, 6) is 0.595. The second-order valence-electron chi connectivity index (χ2n) is 5.36. The monoisotopic (exact) mass is 406 g/mol. The van der Waals surface area contributed by atoms with E-state index in [2.05, 4.69) is 11.0 Å². The van der Waals surface area contributed by atoms with Crippen LogP contribution in [-0.2, 0) is 16.6 Å². The summed E-state index contributed by atoms with van der Waals surface area (Å²) in [6.45, 7) is 4.25. The van der Waals surface area contributed by atoms with Crippen LogP contribution in [0.3, 0.4) is 0 Å². The molecule has 0 unspecified atom stereocenters. The predicted molar refractivity (Wildman–Crippen MR) is 108 cm³/mol. The van der Waals surface area contributed by atoms with Crippen molar-refractivity contribution in [3.05, 3.63) is 59.9 Å². The maximum absolute atomic E-state index is 12.7. The lowest BCUT2D eigenvalue weighted by Gasteiger charge is -2.03. The Bertz CT molecular complexity index is 1110. The second kappa shape index (κ2) is 7.69. The highest BCUT2D eigenvalue weighted by atomic mass is 32.2. The first kappa shape index (κ1) is 18.8. The summed E-state index contributed by atoms with van der Waals surface area (Å²) in [7, 11) is -2.29. The van der Waals surface area contributed by atoms with Crippen LogP contribution in [0, 0.1) is 0 Å². The van der Waals surface area contributed by atoms with E-state index in [0.717, 1.165) is 15.1 Å². The highest BCUT2D eigenvalue weighted by Crippen LogP contribution is 2.25. The Kier molecular flexibility index (Phi) is 5.55. The van der Waals surface area contributed by atoms with Crippen LogP contribution in [0.5, 0.6) is 5.75 Å². The first-order chi connectivity index (χ1) is 12.5. The molecule has 0 radical (unpaired) electrons. The molecular formula is C18H18N2O3S3. The lowest BCUT2D eigenvalue weighted by molar-refractivity contribution is 0.414. The molecule has 0 aliphatic carbocycles. The number of thiazole rings is 1. The molecule has 5 nitrogen and oxygen atoms in total. The van der Waals surface area contributed by atoms with Crippen molar-refractivity contribution in [3.63, 3.8) is 0 Å². The maximum Gasteiger partial charge on any atom is 0.285 e. The Labute approximate surface area is 160 Å². The average Bonchev–Trinajstić information content (AvgIpc) is 2.97. The summed E-state index contributed by atoms with van der Waals surface area (Å²) < 4.78 is 37.4. The van der Waals surface area contributed by atoms with E-state index in [9.17, 15) is 8.42 Å². The smallest absolute Gasteiger partial charge is 0.285 e. The lowest BCUT2D eigenvalue weighted by atomic mass is 10.3. The van der Waals surface area contributed by atoms with Gasteiger partial charge in [-0.1, -0.05) is 17.4 Å². The van der Waals surface area contributed by atoms with E-state index < -0.39 is 10.0 Å². The molecule has 0 amide bonds. The molecule has 0 spiro atoms. The summed E-state index contributed by atoms with van der Waals surface area (Å²) in [5.41, 5.74) is 0.941. The number of fused-ring (bicyclic) bond motifs is 1. The van der Waals surface area contributed by atoms with Gasteiger partial charge in [-0.05, 0) is 48.7 Å². The minimum Gasteiger partial charge on any atom is -0.497 e. The fraction of sp³-hybridized carbons (Fsp3) is 0.167. The zero-order valence-corrected chi connectivity index (χ0v) is 16.8. The topological polar surface area (TPSA) is 60.7 Å². The largest absolute Gasteiger partial charge is 0.497 e. The lowest BCUT2D eigenvalue weighted by Crippen LogP contribution is -2.16. The third-order valence-electron chi connectivity index (χ3n) is 3.76. The van der Waals surface area contributed by atoms with E-state index in [1.165, 1.54) is 30.6 Å². The molecule has 136 valence electrons. The Morgan fingerprint density at radius 2 is 2.00 bits per heavy atom. The zero-order valence-electron chi connectivity index (χ0n) is 14.4. The molecule has 1 heterocycles. The van der Waals surface area contributed by atoms with E-state index in [0.29, 0.717) is 17.1 Å². The predicted octanol–water partition coefficient (Wildman–Crippen LogP) is 3.91. The van der Waals surface area contributed by atoms with E-state index in [1.807, 2.05) is 29.0 Å². The normalized spacial score (nSPS) is 12.5. The molecule has 3 aromatic rings. The molecule has 0 fully saturated rings. The van der Waals surface area contributed by atoms with Gasteiger partial charge in [-0.2, -0.15) is 8.42 Å². The van der Waals surface area contributed by atoms with Gasteiger partial charge in [0.2, 0.25) is 4.80 Å². The van der Waals surface area contributed by atoms with Crippen molar-refractivity contribution in [2.45, 2.75) is 16.3 Å². The molecule has 0 saturated heterocycles. The molecule has 0 aliphatic heterocycles. The number of aromatic nitrogens is 1. The summed E-state index contributed by atoms with van der Waals surface area (Å²) in [4.78, 5) is 1.67. The summed E-state index contributed by atoms with van der Waals surface area (Å²) in [6, 6.07) is 12.2. The van der Waals surface area contributed by atoms with Gasteiger partial charge in [0, 0.05) is 11.4 Å². The molecule has 0 bridgehead atoms. The fourth-order valence-electron chi connectivity index (χ4n) is 2.46. The average molecular weight is 407 g/mol. The summed E-state index contributed by atoms with van der Waals surface area (Å²) >= 11 is 3.00. The number of ether oxygens (including phenoxy) is 1.